The number of carbonyl (C=O) groups excluding carboxylic acids is 2. The Morgan fingerprint density at radius 1 is 1.27 bits per heavy atom. The van der Waals surface area contributed by atoms with Crippen LogP contribution < -0.4 is 10.5 Å². The Bertz CT molecular complexity index is 1200. The van der Waals surface area contributed by atoms with Crippen molar-refractivity contribution in [3.63, 3.8) is 0 Å². The van der Waals surface area contributed by atoms with E-state index in [4.69, 9.17) is 5.14 Å². The number of fused-ring (bicyclic) bond motifs is 2. The maximum Gasteiger partial charge on any atom is 0.354 e. The van der Waals surface area contributed by atoms with Crippen molar-refractivity contribution in [1.82, 2.24) is 0 Å². The lowest BCUT2D eigenvalue weighted by Crippen LogP contribution is -2.19. The summed E-state index contributed by atoms with van der Waals surface area (Å²) in [7, 11) is -3.86. The normalized spacial score (nSPS) is 17.4. The smallest absolute Gasteiger partial charge is 0.354 e. The Morgan fingerprint density at radius 3 is 2.67 bits per heavy atom. The molecule has 160 valence electrons. The average Bonchev–Trinajstić information content (AvgIpc) is 3.33. The van der Waals surface area contributed by atoms with Crippen LogP contribution in [0.4, 0.5) is 14.9 Å². The number of anilines is 1. The highest BCUT2D eigenvalue weighted by Crippen LogP contribution is 2.39. The number of nitrogens with two attached hydrogens (primary N) is 1. The summed E-state index contributed by atoms with van der Waals surface area (Å²) in [4.78, 5) is 25.0. The number of aryl methyl sites for hydroxylation is 1. The number of hydrogen-bond donors (Lipinski definition) is 3. The van der Waals surface area contributed by atoms with E-state index >= 15 is 0 Å². The Labute approximate surface area is 177 Å². The monoisotopic (exact) mass is 451 g/mol. The van der Waals surface area contributed by atoms with Crippen molar-refractivity contribution in [1.29, 1.82) is 0 Å². The van der Waals surface area contributed by atoms with Gasteiger partial charge in [-0.1, -0.05) is 0 Å². The van der Waals surface area contributed by atoms with Crippen LogP contribution in [0.3, 0.4) is 0 Å². The molecule has 1 atom stereocenters. The number of carbonyl (C=O) groups is 2. The summed E-state index contributed by atoms with van der Waals surface area (Å²) in [6.07, 6.45) is 3.40. The number of hydrogen-bond acceptors (Lipinski definition) is 5. The van der Waals surface area contributed by atoms with E-state index in [2.05, 4.69) is 9.68 Å². The van der Waals surface area contributed by atoms with Gasteiger partial charge in [-0.25, -0.2) is 18.5 Å². The molecular weight excluding hydrogens is 429 g/mol. The predicted molar refractivity (Wildman–Crippen MR) is 113 cm³/mol. The minimum absolute atomic E-state index is 0.0366. The molecule has 7 nitrogen and oxygen atoms in total. The second-order valence-electron chi connectivity index (χ2n) is 8.09. The summed E-state index contributed by atoms with van der Waals surface area (Å²) in [6, 6.07) is 2.00. The molecule has 30 heavy (non-hydrogen) atoms. The Balaban J connectivity index is 1.70. The number of nitrogens with zero attached hydrogens (tertiary/aromatic N) is 1. The number of thiophene rings is 1. The van der Waals surface area contributed by atoms with Crippen molar-refractivity contribution in [2.24, 2.45) is 9.50 Å². The third-order valence-electron chi connectivity index (χ3n) is 5.38. The molecule has 0 saturated heterocycles. The van der Waals surface area contributed by atoms with Gasteiger partial charge in [0, 0.05) is 22.5 Å². The average molecular weight is 452 g/mol. The van der Waals surface area contributed by atoms with Gasteiger partial charge in [0.25, 0.3) is 0 Å². The summed E-state index contributed by atoms with van der Waals surface area (Å²) < 4.78 is 30.3. The minimum Gasteiger partial charge on any atom is -0.385 e. The second-order valence-corrected chi connectivity index (χ2v) is 11.1. The molecule has 2 aromatic rings. The molecule has 0 spiro atoms. The number of amides is 2. The molecule has 1 aromatic heterocycles. The number of ketones is 1. The fourth-order valence-corrected chi connectivity index (χ4v) is 6.31. The van der Waals surface area contributed by atoms with Crippen LogP contribution in [0.1, 0.15) is 58.6 Å². The van der Waals surface area contributed by atoms with Crippen molar-refractivity contribution in [3.05, 3.63) is 45.1 Å². The van der Waals surface area contributed by atoms with E-state index in [1.165, 1.54) is 13.8 Å². The molecule has 0 fully saturated rings. The van der Waals surface area contributed by atoms with E-state index in [1.54, 1.807) is 0 Å². The van der Waals surface area contributed by atoms with Crippen molar-refractivity contribution >= 4 is 38.8 Å². The summed E-state index contributed by atoms with van der Waals surface area (Å²) in [5.74, 6) is -0.845. The number of benzene rings is 1. The minimum atomic E-state index is -3.86. The zero-order valence-electron chi connectivity index (χ0n) is 16.6. The van der Waals surface area contributed by atoms with Gasteiger partial charge in [0.1, 0.15) is 0 Å². The Kier molecular flexibility index (Phi) is 5.08. The number of Topliss-reactive ketones (excluding diaryl/α,β-unsaturated/α-hetero) is 1. The topological polar surface area (TPSA) is 122 Å². The van der Waals surface area contributed by atoms with Gasteiger partial charge in [-0.15, -0.1) is 15.7 Å². The van der Waals surface area contributed by atoms with Crippen LogP contribution in [-0.2, 0) is 34.8 Å². The Hall–Kier alpha value is -2.14. The third kappa shape index (κ3) is 3.68. The van der Waals surface area contributed by atoms with Crippen LogP contribution in [0, 0.1) is 5.82 Å². The molecule has 2 amide bonds. The molecule has 0 aliphatic heterocycles. The second kappa shape index (κ2) is 7.23. The SMILES string of the molecule is CC(C)(O)c1cc(F)c([S@@](N)(=O)=NC(=O)Nc2c3c(cc4c2CCC4=O)CCC3)s1. The van der Waals surface area contributed by atoms with E-state index in [1.807, 2.05) is 6.07 Å². The summed E-state index contributed by atoms with van der Waals surface area (Å²) in [6.45, 7) is 2.92. The summed E-state index contributed by atoms with van der Waals surface area (Å²) in [5.41, 5.74) is 2.55. The van der Waals surface area contributed by atoms with E-state index < -0.39 is 31.6 Å². The van der Waals surface area contributed by atoms with Crippen LogP contribution in [-0.4, -0.2) is 21.1 Å². The number of halogens is 1. The standard InChI is InChI=1S/C20H22FN3O4S2/c1-20(2,27)16-9-14(21)18(29-16)30(22,28)24-19(26)23-17-11-5-3-4-10(11)8-13-12(17)6-7-15(13)25/h8-9,27H,3-7H2,1-2H3,(H3,22,23,24,26,28)/t30-/m0/s1. The number of rotatable bonds is 3. The molecule has 2 aliphatic rings. The number of nitrogens with one attached hydrogen (secondary N) is 1. The lowest BCUT2D eigenvalue weighted by atomic mass is 9.98. The van der Waals surface area contributed by atoms with Crippen LogP contribution in [0.2, 0.25) is 0 Å². The van der Waals surface area contributed by atoms with E-state index in [0.29, 0.717) is 24.1 Å². The first-order valence-corrected chi connectivity index (χ1v) is 12.0. The molecule has 0 saturated carbocycles. The molecule has 4 N–H and O–H groups in total. The molecule has 0 radical (unpaired) electrons. The molecular formula is C20H22FN3O4S2. The summed E-state index contributed by atoms with van der Waals surface area (Å²) >= 11 is 0.718. The molecule has 4 rings (SSSR count). The van der Waals surface area contributed by atoms with Crippen LogP contribution in [0.5, 0.6) is 0 Å². The molecule has 0 bridgehead atoms. The first-order valence-electron chi connectivity index (χ1n) is 9.56. The van der Waals surface area contributed by atoms with Crippen LogP contribution >= 0.6 is 11.3 Å². The Morgan fingerprint density at radius 2 is 2.00 bits per heavy atom. The van der Waals surface area contributed by atoms with Crippen molar-refractivity contribution in [2.45, 2.75) is 55.8 Å². The maximum absolute atomic E-state index is 14.3. The van der Waals surface area contributed by atoms with Gasteiger partial charge in [-0.05, 0) is 68.4 Å². The molecule has 1 aromatic carbocycles. The van der Waals surface area contributed by atoms with Crippen molar-refractivity contribution in [3.8, 4) is 0 Å². The lowest BCUT2D eigenvalue weighted by Gasteiger charge is -2.14. The highest BCUT2D eigenvalue weighted by molar-refractivity contribution is 7.93. The number of aliphatic hydroxyl groups is 1. The van der Waals surface area contributed by atoms with Crippen molar-refractivity contribution < 1.29 is 23.3 Å². The predicted octanol–water partition coefficient (Wildman–Crippen LogP) is 3.66. The molecule has 0 unspecified atom stereocenters. The third-order valence-corrected chi connectivity index (χ3v) is 8.73. The lowest BCUT2D eigenvalue weighted by molar-refractivity contribution is 0.0823. The number of urea groups is 1. The molecule has 1 heterocycles. The highest BCUT2D eigenvalue weighted by Gasteiger charge is 2.30. The van der Waals surface area contributed by atoms with Gasteiger partial charge >= 0.3 is 6.03 Å². The van der Waals surface area contributed by atoms with Crippen LogP contribution in [0.25, 0.3) is 0 Å². The zero-order valence-corrected chi connectivity index (χ0v) is 18.2. The van der Waals surface area contributed by atoms with Gasteiger partial charge in [0.05, 0.1) is 5.60 Å². The zero-order chi connectivity index (χ0) is 21.8. The van der Waals surface area contributed by atoms with Crippen LogP contribution in [0.15, 0.2) is 20.7 Å². The highest BCUT2D eigenvalue weighted by atomic mass is 32.2. The van der Waals surface area contributed by atoms with Gasteiger partial charge in [0.2, 0.25) is 0 Å². The first-order chi connectivity index (χ1) is 14.0. The fraction of sp³-hybridized carbons (Fsp3) is 0.400. The van der Waals surface area contributed by atoms with Gasteiger partial charge in [-0.2, -0.15) is 0 Å². The largest absolute Gasteiger partial charge is 0.385 e. The van der Waals surface area contributed by atoms with Gasteiger partial charge in [-0.3, -0.25) is 4.79 Å². The van der Waals surface area contributed by atoms with Crippen molar-refractivity contribution in [2.75, 3.05) is 5.32 Å². The van der Waals surface area contributed by atoms with Gasteiger partial charge < -0.3 is 10.4 Å². The summed E-state index contributed by atoms with van der Waals surface area (Å²) in [5, 5.41) is 18.4. The quantitative estimate of drug-likeness (QED) is 0.659. The van der Waals surface area contributed by atoms with Gasteiger partial charge in [0.15, 0.2) is 25.7 Å². The van der Waals surface area contributed by atoms with E-state index in [0.717, 1.165) is 53.4 Å². The molecule has 2 aliphatic carbocycles. The molecule has 10 heteroatoms. The van der Waals surface area contributed by atoms with E-state index in [9.17, 15) is 23.3 Å². The first kappa shape index (κ1) is 21.1. The maximum atomic E-state index is 14.3. The fourth-order valence-electron chi connectivity index (χ4n) is 3.97. The van der Waals surface area contributed by atoms with E-state index in [-0.39, 0.29) is 10.7 Å².